The van der Waals surface area contributed by atoms with Gasteiger partial charge in [0.05, 0.1) is 7.11 Å². The molecule has 0 radical (unpaired) electrons. The van der Waals surface area contributed by atoms with Crippen LogP contribution in [0.4, 0.5) is 4.79 Å². The molecule has 2 atom stereocenters. The van der Waals surface area contributed by atoms with Gasteiger partial charge < -0.3 is 19.3 Å². The van der Waals surface area contributed by atoms with Crippen molar-refractivity contribution in [3.05, 3.63) is 30.3 Å². The van der Waals surface area contributed by atoms with Crippen LogP contribution < -0.4 is 9.47 Å². The molecule has 7 nitrogen and oxygen atoms in total. The van der Waals surface area contributed by atoms with Crippen LogP contribution in [0.15, 0.2) is 24.8 Å². The highest BCUT2D eigenvalue weighted by Crippen LogP contribution is 2.29. The molecule has 0 spiro atoms. The highest BCUT2D eigenvalue weighted by atomic mass is 16.6. The molecule has 1 aliphatic rings. The van der Waals surface area contributed by atoms with Gasteiger partial charge in [-0.05, 0) is 39.0 Å². The summed E-state index contributed by atoms with van der Waals surface area (Å²) in [5, 5.41) is 9.60. The number of hydrogen-bond donors (Lipinski definition) is 1. The molecule has 1 aromatic rings. The Morgan fingerprint density at radius 2 is 2.04 bits per heavy atom. The third kappa shape index (κ3) is 4.47. The number of benzene rings is 1. The molecule has 1 heterocycles. The van der Waals surface area contributed by atoms with E-state index in [0.717, 1.165) is 5.56 Å². The topological polar surface area (TPSA) is 85.3 Å². The number of hydrogen-bond acceptors (Lipinski definition) is 5. The van der Waals surface area contributed by atoms with Gasteiger partial charge in [-0.2, -0.15) is 0 Å². The maximum absolute atomic E-state index is 12.3. The standard InChI is InChI=1S/C19H25NO6/c1-6-12-11-13(7-8-14(12)24-5)25-15-9-10-20(16(15)17(21)22)18(23)26-19(2,3)4/h6-8,11,15-16H,1,9-10H2,2-5H3,(H,21,22)/t15-,16-/m0/s1. The van der Waals surface area contributed by atoms with Gasteiger partial charge in [0.15, 0.2) is 6.04 Å². The molecule has 1 fully saturated rings. The van der Waals surface area contributed by atoms with E-state index >= 15 is 0 Å². The number of nitrogens with zero attached hydrogens (tertiary/aromatic N) is 1. The zero-order chi connectivity index (χ0) is 19.5. The van der Waals surface area contributed by atoms with Gasteiger partial charge in [-0.1, -0.05) is 12.7 Å². The number of amides is 1. The lowest BCUT2D eigenvalue weighted by atomic mass is 10.1. The van der Waals surface area contributed by atoms with E-state index in [0.29, 0.717) is 17.9 Å². The average molecular weight is 363 g/mol. The number of methoxy groups -OCH3 is 1. The van der Waals surface area contributed by atoms with Crippen molar-refractivity contribution in [1.82, 2.24) is 4.90 Å². The monoisotopic (exact) mass is 363 g/mol. The summed E-state index contributed by atoms with van der Waals surface area (Å²) in [6, 6.07) is 4.03. The molecule has 0 bridgehead atoms. The van der Waals surface area contributed by atoms with Crippen LogP contribution in [0, 0.1) is 0 Å². The predicted molar refractivity (Wildman–Crippen MR) is 96.5 cm³/mol. The minimum absolute atomic E-state index is 0.251. The van der Waals surface area contributed by atoms with E-state index in [4.69, 9.17) is 14.2 Å². The quantitative estimate of drug-likeness (QED) is 0.865. The van der Waals surface area contributed by atoms with E-state index in [1.54, 1.807) is 52.2 Å². The summed E-state index contributed by atoms with van der Waals surface area (Å²) < 4.78 is 16.4. The molecule has 26 heavy (non-hydrogen) atoms. The second-order valence-electron chi connectivity index (χ2n) is 7.01. The Bertz CT molecular complexity index is 694. The molecule has 0 unspecified atom stereocenters. The van der Waals surface area contributed by atoms with Crippen molar-refractivity contribution in [1.29, 1.82) is 0 Å². The van der Waals surface area contributed by atoms with Crippen LogP contribution in [0.1, 0.15) is 32.8 Å². The first-order chi connectivity index (χ1) is 12.2. The summed E-state index contributed by atoms with van der Waals surface area (Å²) in [6.45, 7) is 9.18. The smallest absolute Gasteiger partial charge is 0.411 e. The number of aliphatic carboxylic acids is 1. The SMILES string of the molecule is C=Cc1cc(O[C@H]2CCN(C(=O)OC(C)(C)C)[C@@H]2C(=O)O)ccc1OC. The summed E-state index contributed by atoms with van der Waals surface area (Å²) in [7, 11) is 1.55. The second-order valence-corrected chi connectivity index (χ2v) is 7.01. The lowest BCUT2D eigenvalue weighted by Gasteiger charge is -2.28. The molecule has 1 saturated heterocycles. The summed E-state index contributed by atoms with van der Waals surface area (Å²) in [5.41, 5.74) is 0.0346. The van der Waals surface area contributed by atoms with E-state index in [1.807, 2.05) is 0 Å². The fraction of sp³-hybridized carbons (Fsp3) is 0.474. The summed E-state index contributed by atoms with van der Waals surface area (Å²) in [4.78, 5) is 25.3. The van der Waals surface area contributed by atoms with Crippen molar-refractivity contribution >= 4 is 18.1 Å². The third-order valence-corrected chi connectivity index (χ3v) is 3.93. The van der Waals surface area contributed by atoms with Gasteiger partial charge in [0.25, 0.3) is 0 Å². The lowest BCUT2D eigenvalue weighted by Crippen LogP contribution is -2.48. The second kappa shape index (κ2) is 7.68. The van der Waals surface area contributed by atoms with Gasteiger partial charge in [-0.15, -0.1) is 0 Å². The van der Waals surface area contributed by atoms with Crippen LogP contribution >= 0.6 is 0 Å². The molecule has 142 valence electrons. The Balaban J connectivity index is 2.18. The first-order valence-electron chi connectivity index (χ1n) is 8.36. The van der Waals surface area contributed by atoms with Crippen LogP contribution in [0.3, 0.4) is 0 Å². The molecule has 1 aromatic carbocycles. The molecule has 1 amide bonds. The number of carboxylic acids is 1. The summed E-state index contributed by atoms with van der Waals surface area (Å²) >= 11 is 0. The normalized spacial score (nSPS) is 19.8. The minimum Gasteiger partial charge on any atom is -0.496 e. The Labute approximate surface area is 153 Å². The molecule has 1 aliphatic heterocycles. The number of carboxylic acid groups (broad SMARTS) is 1. The van der Waals surface area contributed by atoms with Crippen molar-refractivity contribution in [2.75, 3.05) is 13.7 Å². The van der Waals surface area contributed by atoms with Crippen LogP contribution in [-0.2, 0) is 9.53 Å². The summed E-state index contributed by atoms with van der Waals surface area (Å²) in [5.74, 6) is 0.00254. The summed E-state index contributed by atoms with van der Waals surface area (Å²) in [6.07, 6.45) is 0.692. The highest BCUT2D eigenvalue weighted by Gasteiger charge is 2.45. The van der Waals surface area contributed by atoms with Crippen molar-refractivity contribution in [2.45, 2.75) is 44.9 Å². The molecular weight excluding hydrogens is 338 g/mol. The van der Waals surface area contributed by atoms with Crippen LogP contribution in [-0.4, -0.2) is 53.5 Å². The van der Waals surface area contributed by atoms with Crippen molar-refractivity contribution in [3.8, 4) is 11.5 Å². The Hall–Kier alpha value is -2.70. The van der Waals surface area contributed by atoms with E-state index < -0.39 is 29.8 Å². The number of ether oxygens (including phenoxy) is 3. The van der Waals surface area contributed by atoms with Gasteiger partial charge in [0.1, 0.15) is 23.2 Å². The molecule has 7 heteroatoms. The third-order valence-electron chi connectivity index (χ3n) is 3.93. The van der Waals surface area contributed by atoms with Crippen molar-refractivity contribution in [3.63, 3.8) is 0 Å². The van der Waals surface area contributed by atoms with Crippen molar-refractivity contribution < 1.29 is 28.9 Å². The molecule has 0 saturated carbocycles. The zero-order valence-electron chi connectivity index (χ0n) is 15.5. The van der Waals surface area contributed by atoms with E-state index in [-0.39, 0.29) is 6.54 Å². The molecule has 1 N–H and O–H groups in total. The van der Waals surface area contributed by atoms with E-state index in [9.17, 15) is 14.7 Å². The van der Waals surface area contributed by atoms with Gasteiger partial charge >= 0.3 is 12.1 Å². The maximum atomic E-state index is 12.3. The van der Waals surface area contributed by atoms with Crippen LogP contribution in [0.25, 0.3) is 6.08 Å². The molecule has 2 rings (SSSR count). The van der Waals surface area contributed by atoms with Crippen molar-refractivity contribution in [2.24, 2.45) is 0 Å². The molecule has 0 aromatic heterocycles. The van der Waals surface area contributed by atoms with Gasteiger partial charge in [0.2, 0.25) is 0 Å². The molecule has 0 aliphatic carbocycles. The zero-order valence-corrected chi connectivity index (χ0v) is 15.5. The number of carbonyl (C=O) groups excluding carboxylic acids is 1. The first kappa shape index (κ1) is 19.6. The predicted octanol–water partition coefficient (Wildman–Crippen LogP) is 3.18. The maximum Gasteiger partial charge on any atom is 0.411 e. The van der Waals surface area contributed by atoms with Crippen LogP contribution in [0.2, 0.25) is 0 Å². The Kier molecular flexibility index (Phi) is 5.79. The van der Waals surface area contributed by atoms with E-state index in [1.165, 1.54) is 4.90 Å². The highest BCUT2D eigenvalue weighted by molar-refractivity contribution is 5.81. The number of likely N-dealkylation sites (tertiary alicyclic amines) is 1. The first-order valence-corrected chi connectivity index (χ1v) is 8.36. The fourth-order valence-electron chi connectivity index (χ4n) is 2.83. The van der Waals surface area contributed by atoms with Gasteiger partial charge in [-0.25, -0.2) is 9.59 Å². The van der Waals surface area contributed by atoms with Crippen LogP contribution in [0.5, 0.6) is 11.5 Å². The molecular formula is C19H25NO6. The minimum atomic E-state index is -1.13. The largest absolute Gasteiger partial charge is 0.496 e. The average Bonchev–Trinajstić information content (AvgIpc) is 2.97. The van der Waals surface area contributed by atoms with Gasteiger partial charge in [0, 0.05) is 18.5 Å². The Morgan fingerprint density at radius 1 is 1.35 bits per heavy atom. The number of rotatable bonds is 5. The fourth-order valence-corrected chi connectivity index (χ4v) is 2.83. The van der Waals surface area contributed by atoms with E-state index in [2.05, 4.69) is 6.58 Å². The Morgan fingerprint density at radius 3 is 2.58 bits per heavy atom. The van der Waals surface area contributed by atoms with Gasteiger partial charge in [-0.3, -0.25) is 4.90 Å². The number of carbonyl (C=O) groups is 2. The lowest BCUT2D eigenvalue weighted by molar-refractivity contribution is -0.144.